The third-order valence-electron chi connectivity index (χ3n) is 2.51. The van der Waals surface area contributed by atoms with Crippen LogP contribution in [0.1, 0.15) is 11.3 Å². The lowest BCUT2D eigenvalue weighted by Gasteiger charge is -2.08. The molecule has 0 amide bonds. The number of rotatable bonds is 4. The summed E-state index contributed by atoms with van der Waals surface area (Å²) in [5, 5.41) is 8.22. The van der Waals surface area contributed by atoms with Gasteiger partial charge in [-0.25, -0.2) is 4.98 Å². The van der Waals surface area contributed by atoms with Gasteiger partial charge in [0.2, 0.25) is 5.95 Å². The van der Waals surface area contributed by atoms with Crippen LogP contribution < -0.4 is 4.90 Å². The monoisotopic (exact) mass is 228 g/mol. The standard InChI is InChI=1S/C13H16N4/c1-17(2)13-14-10-12(15-16-13)9-8-11-6-4-3-5-7-11/h3-7,10H,8-9H2,1-2H3. The molecule has 0 radical (unpaired) electrons. The molecule has 4 heteroatoms. The van der Waals surface area contributed by atoms with Gasteiger partial charge in [0.05, 0.1) is 11.9 Å². The van der Waals surface area contributed by atoms with E-state index in [4.69, 9.17) is 0 Å². The van der Waals surface area contributed by atoms with Gasteiger partial charge >= 0.3 is 0 Å². The first-order valence-corrected chi connectivity index (χ1v) is 5.65. The number of nitrogens with zero attached hydrogens (tertiary/aromatic N) is 4. The summed E-state index contributed by atoms with van der Waals surface area (Å²) in [6.45, 7) is 0. The number of aryl methyl sites for hydroxylation is 2. The lowest BCUT2D eigenvalue weighted by molar-refractivity contribution is 0.816. The molecule has 0 bridgehead atoms. The summed E-state index contributed by atoms with van der Waals surface area (Å²) >= 11 is 0. The third-order valence-corrected chi connectivity index (χ3v) is 2.51. The Morgan fingerprint density at radius 1 is 1.00 bits per heavy atom. The van der Waals surface area contributed by atoms with E-state index >= 15 is 0 Å². The quantitative estimate of drug-likeness (QED) is 0.799. The molecular formula is C13H16N4. The van der Waals surface area contributed by atoms with Crippen LogP contribution in [0.5, 0.6) is 0 Å². The zero-order valence-corrected chi connectivity index (χ0v) is 10.2. The van der Waals surface area contributed by atoms with E-state index in [2.05, 4.69) is 39.4 Å². The molecule has 0 spiro atoms. The van der Waals surface area contributed by atoms with Crippen LogP contribution in [-0.4, -0.2) is 29.3 Å². The van der Waals surface area contributed by atoms with Gasteiger partial charge in [-0.2, -0.15) is 5.10 Å². The second kappa shape index (κ2) is 5.39. The van der Waals surface area contributed by atoms with Gasteiger partial charge in [0, 0.05) is 14.1 Å². The summed E-state index contributed by atoms with van der Waals surface area (Å²) in [7, 11) is 3.81. The van der Waals surface area contributed by atoms with Crippen molar-refractivity contribution in [3.8, 4) is 0 Å². The van der Waals surface area contributed by atoms with Gasteiger partial charge in [-0.05, 0) is 18.4 Å². The van der Waals surface area contributed by atoms with Crippen molar-refractivity contribution in [3.63, 3.8) is 0 Å². The Labute approximate surface area is 101 Å². The molecule has 88 valence electrons. The van der Waals surface area contributed by atoms with Crippen LogP contribution in [-0.2, 0) is 12.8 Å². The first-order valence-electron chi connectivity index (χ1n) is 5.65. The van der Waals surface area contributed by atoms with Crippen LogP contribution in [0, 0.1) is 0 Å². The maximum atomic E-state index is 4.24. The van der Waals surface area contributed by atoms with Gasteiger partial charge in [0.25, 0.3) is 0 Å². The fourth-order valence-corrected chi connectivity index (χ4v) is 1.53. The molecule has 0 saturated carbocycles. The van der Waals surface area contributed by atoms with Crippen molar-refractivity contribution >= 4 is 5.95 Å². The maximum Gasteiger partial charge on any atom is 0.244 e. The number of anilines is 1. The Hall–Kier alpha value is -1.97. The number of aromatic nitrogens is 3. The second-order valence-corrected chi connectivity index (χ2v) is 4.13. The van der Waals surface area contributed by atoms with Gasteiger partial charge in [-0.15, -0.1) is 5.10 Å². The van der Waals surface area contributed by atoms with E-state index in [1.165, 1.54) is 5.56 Å². The number of benzene rings is 1. The molecular weight excluding hydrogens is 212 g/mol. The molecule has 1 aromatic carbocycles. The largest absolute Gasteiger partial charge is 0.346 e. The molecule has 0 aliphatic carbocycles. The molecule has 2 rings (SSSR count). The van der Waals surface area contributed by atoms with E-state index in [1.807, 2.05) is 25.1 Å². The molecule has 4 nitrogen and oxygen atoms in total. The molecule has 0 aliphatic heterocycles. The molecule has 0 unspecified atom stereocenters. The Bertz CT molecular complexity index is 451. The van der Waals surface area contributed by atoms with Crippen LogP contribution >= 0.6 is 0 Å². The average Bonchev–Trinajstić information content (AvgIpc) is 2.38. The maximum absolute atomic E-state index is 4.24. The van der Waals surface area contributed by atoms with Crippen molar-refractivity contribution in [3.05, 3.63) is 47.8 Å². The molecule has 0 N–H and O–H groups in total. The summed E-state index contributed by atoms with van der Waals surface area (Å²) in [5.41, 5.74) is 2.24. The van der Waals surface area contributed by atoms with Crippen molar-refractivity contribution in [2.24, 2.45) is 0 Å². The highest BCUT2D eigenvalue weighted by Crippen LogP contribution is 2.05. The molecule has 0 aliphatic rings. The van der Waals surface area contributed by atoms with Crippen molar-refractivity contribution in [1.29, 1.82) is 0 Å². The van der Waals surface area contributed by atoms with Gasteiger partial charge in [-0.3, -0.25) is 0 Å². The molecule has 17 heavy (non-hydrogen) atoms. The van der Waals surface area contributed by atoms with Gasteiger partial charge in [0.15, 0.2) is 0 Å². The minimum atomic E-state index is 0.647. The second-order valence-electron chi connectivity index (χ2n) is 4.13. The highest BCUT2D eigenvalue weighted by molar-refractivity contribution is 5.24. The van der Waals surface area contributed by atoms with Gasteiger partial charge < -0.3 is 4.90 Å². The zero-order valence-electron chi connectivity index (χ0n) is 10.2. The SMILES string of the molecule is CN(C)c1ncc(CCc2ccccc2)nn1. The normalized spacial score (nSPS) is 10.2. The van der Waals surface area contributed by atoms with Crippen LogP contribution in [0.25, 0.3) is 0 Å². The predicted octanol–water partition coefficient (Wildman–Crippen LogP) is 1.72. The van der Waals surface area contributed by atoms with E-state index in [0.717, 1.165) is 18.5 Å². The molecule has 1 heterocycles. The highest BCUT2D eigenvalue weighted by atomic mass is 15.3. The summed E-state index contributed by atoms with van der Waals surface area (Å²) in [6, 6.07) is 10.4. The van der Waals surface area contributed by atoms with E-state index in [1.54, 1.807) is 6.20 Å². The first kappa shape index (κ1) is 11.5. The topological polar surface area (TPSA) is 41.9 Å². The van der Waals surface area contributed by atoms with Crippen LogP contribution in [0.15, 0.2) is 36.5 Å². The van der Waals surface area contributed by atoms with Crippen molar-refractivity contribution in [1.82, 2.24) is 15.2 Å². The average molecular weight is 228 g/mol. The minimum Gasteiger partial charge on any atom is -0.346 e. The van der Waals surface area contributed by atoms with Crippen molar-refractivity contribution in [2.45, 2.75) is 12.8 Å². The van der Waals surface area contributed by atoms with Crippen LogP contribution in [0.3, 0.4) is 0 Å². The van der Waals surface area contributed by atoms with Crippen molar-refractivity contribution in [2.75, 3.05) is 19.0 Å². The fourth-order valence-electron chi connectivity index (χ4n) is 1.53. The predicted molar refractivity (Wildman–Crippen MR) is 68.0 cm³/mol. The Kier molecular flexibility index (Phi) is 3.65. The minimum absolute atomic E-state index is 0.647. The summed E-state index contributed by atoms with van der Waals surface area (Å²) < 4.78 is 0. The summed E-state index contributed by atoms with van der Waals surface area (Å²) in [4.78, 5) is 6.08. The highest BCUT2D eigenvalue weighted by Gasteiger charge is 2.01. The first-order chi connectivity index (χ1) is 8.25. The zero-order chi connectivity index (χ0) is 12.1. The Morgan fingerprint density at radius 2 is 1.76 bits per heavy atom. The van der Waals surface area contributed by atoms with E-state index in [9.17, 15) is 0 Å². The molecule has 1 aromatic heterocycles. The molecule has 0 saturated heterocycles. The molecule has 0 atom stereocenters. The lowest BCUT2D eigenvalue weighted by Crippen LogP contribution is -2.14. The van der Waals surface area contributed by atoms with Crippen LogP contribution in [0.2, 0.25) is 0 Å². The number of hydrogen-bond acceptors (Lipinski definition) is 4. The van der Waals surface area contributed by atoms with Crippen molar-refractivity contribution < 1.29 is 0 Å². The van der Waals surface area contributed by atoms with Crippen LogP contribution in [0.4, 0.5) is 5.95 Å². The Balaban J connectivity index is 1.96. The van der Waals surface area contributed by atoms with Gasteiger partial charge in [0.1, 0.15) is 0 Å². The Morgan fingerprint density at radius 3 is 2.35 bits per heavy atom. The van der Waals surface area contributed by atoms with E-state index < -0.39 is 0 Å². The summed E-state index contributed by atoms with van der Waals surface area (Å²) in [6.07, 6.45) is 3.64. The summed E-state index contributed by atoms with van der Waals surface area (Å²) in [5.74, 6) is 0.647. The van der Waals surface area contributed by atoms with Gasteiger partial charge in [-0.1, -0.05) is 30.3 Å². The van der Waals surface area contributed by atoms with E-state index in [0.29, 0.717) is 5.95 Å². The smallest absolute Gasteiger partial charge is 0.244 e. The third kappa shape index (κ3) is 3.24. The lowest BCUT2D eigenvalue weighted by atomic mass is 10.1. The fraction of sp³-hybridized carbons (Fsp3) is 0.308. The van der Waals surface area contributed by atoms with E-state index in [-0.39, 0.29) is 0 Å². The number of hydrogen-bond donors (Lipinski definition) is 0. The molecule has 2 aromatic rings. The molecule has 0 fully saturated rings.